The van der Waals surface area contributed by atoms with Crippen molar-refractivity contribution in [3.63, 3.8) is 0 Å². The third kappa shape index (κ3) is 5.00. The highest BCUT2D eigenvalue weighted by atomic mass is 32.2. The van der Waals surface area contributed by atoms with Crippen LogP contribution in [0.3, 0.4) is 0 Å². The summed E-state index contributed by atoms with van der Waals surface area (Å²) in [4.78, 5) is 14.6. The number of hydrogen-bond donors (Lipinski definition) is 2. The highest BCUT2D eigenvalue weighted by Crippen LogP contribution is 2.10. The predicted molar refractivity (Wildman–Crippen MR) is 86.9 cm³/mol. The van der Waals surface area contributed by atoms with Gasteiger partial charge in [-0.15, -0.1) is 0 Å². The van der Waals surface area contributed by atoms with Gasteiger partial charge in [0.2, 0.25) is 10.0 Å². The van der Waals surface area contributed by atoms with Crippen molar-refractivity contribution in [2.45, 2.75) is 17.9 Å². The molecule has 1 aromatic rings. The number of carbonyl (C=O) groups excluding carboxylic acids is 1. The summed E-state index contributed by atoms with van der Waals surface area (Å²) in [5, 5.41) is 2.93. The van der Waals surface area contributed by atoms with Gasteiger partial charge in [0.25, 0.3) is 5.91 Å². The Morgan fingerprint density at radius 1 is 1.26 bits per heavy atom. The largest absolute Gasteiger partial charge is 0.379 e. The van der Waals surface area contributed by atoms with Gasteiger partial charge < -0.3 is 10.1 Å². The van der Waals surface area contributed by atoms with Crippen LogP contribution >= 0.6 is 0 Å². The molecular formula is C15H23N3O4S. The molecule has 7 nitrogen and oxygen atoms in total. The summed E-state index contributed by atoms with van der Waals surface area (Å²) in [5.41, 5.74) is 0.439. The molecule has 1 amide bonds. The van der Waals surface area contributed by atoms with Crippen LogP contribution in [-0.4, -0.2) is 65.2 Å². The molecule has 128 valence electrons. The molecule has 0 spiro atoms. The maximum Gasteiger partial charge on any atom is 0.251 e. The van der Waals surface area contributed by atoms with E-state index in [1.165, 1.54) is 31.3 Å². The van der Waals surface area contributed by atoms with E-state index in [0.29, 0.717) is 5.56 Å². The number of ether oxygens (including phenoxy) is 1. The molecule has 1 heterocycles. The molecule has 1 saturated heterocycles. The summed E-state index contributed by atoms with van der Waals surface area (Å²) in [5.74, 6) is -0.209. The number of hydrogen-bond acceptors (Lipinski definition) is 5. The number of sulfonamides is 1. The van der Waals surface area contributed by atoms with Crippen LogP contribution in [0.15, 0.2) is 29.2 Å². The van der Waals surface area contributed by atoms with Crippen molar-refractivity contribution in [2.75, 3.05) is 39.9 Å². The van der Waals surface area contributed by atoms with Crippen molar-refractivity contribution in [2.24, 2.45) is 0 Å². The molecule has 0 unspecified atom stereocenters. The van der Waals surface area contributed by atoms with E-state index < -0.39 is 10.0 Å². The fourth-order valence-electron chi connectivity index (χ4n) is 2.43. The van der Waals surface area contributed by atoms with E-state index in [9.17, 15) is 13.2 Å². The number of rotatable bonds is 6. The Morgan fingerprint density at radius 3 is 2.43 bits per heavy atom. The summed E-state index contributed by atoms with van der Waals surface area (Å²) in [7, 11) is -2.13. The summed E-state index contributed by atoms with van der Waals surface area (Å²) in [6.07, 6.45) is 0. The minimum absolute atomic E-state index is 0.00122. The lowest BCUT2D eigenvalue weighted by molar-refractivity contribution is 0.0342. The second kappa shape index (κ2) is 7.87. The molecule has 1 aliphatic heterocycles. The van der Waals surface area contributed by atoms with Crippen molar-refractivity contribution >= 4 is 15.9 Å². The number of amides is 1. The van der Waals surface area contributed by atoms with Gasteiger partial charge in [-0.3, -0.25) is 9.69 Å². The van der Waals surface area contributed by atoms with E-state index >= 15 is 0 Å². The van der Waals surface area contributed by atoms with E-state index in [0.717, 1.165) is 32.8 Å². The molecule has 1 aliphatic rings. The van der Waals surface area contributed by atoms with Crippen LogP contribution in [-0.2, 0) is 14.8 Å². The van der Waals surface area contributed by atoms with E-state index in [1.54, 1.807) is 0 Å². The summed E-state index contributed by atoms with van der Waals surface area (Å²) >= 11 is 0. The Balaban J connectivity index is 1.92. The fourth-order valence-corrected chi connectivity index (χ4v) is 3.16. The van der Waals surface area contributed by atoms with Gasteiger partial charge in [0.05, 0.1) is 18.1 Å². The van der Waals surface area contributed by atoms with Crippen molar-refractivity contribution in [1.82, 2.24) is 14.9 Å². The van der Waals surface area contributed by atoms with Crippen LogP contribution in [0.1, 0.15) is 17.3 Å². The third-order valence-electron chi connectivity index (χ3n) is 3.71. The standard InChI is InChI=1S/C15H23N3O4S/c1-12(11-18-7-9-22-10-8-18)17-15(19)13-3-5-14(6-4-13)23(20,21)16-2/h3-6,12,16H,7-11H2,1-2H3,(H,17,19)/t12-/m1/s1. The van der Waals surface area contributed by atoms with Crippen LogP contribution in [0, 0.1) is 0 Å². The molecule has 1 fully saturated rings. The van der Waals surface area contributed by atoms with Gasteiger partial charge >= 0.3 is 0 Å². The van der Waals surface area contributed by atoms with E-state index in [2.05, 4.69) is 14.9 Å². The van der Waals surface area contributed by atoms with Gasteiger partial charge in [-0.2, -0.15) is 0 Å². The van der Waals surface area contributed by atoms with Crippen molar-refractivity contribution in [1.29, 1.82) is 0 Å². The summed E-state index contributed by atoms with van der Waals surface area (Å²) < 4.78 is 30.8. The lowest BCUT2D eigenvalue weighted by atomic mass is 10.2. The zero-order chi connectivity index (χ0) is 16.9. The van der Waals surface area contributed by atoms with E-state index in [-0.39, 0.29) is 16.8 Å². The third-order valence-corrected chi connectivity index (χ3v) is 5.14. The number of benzene rings is 1. The molecule has 0 aliphatic carbocycles. The van der Waals surface area contributed by atoms with Gasteiger partial charge in [0.15, 0.2) is 0 Å². The molecule has 1 aromatic carbocycles. The first-order valence-electron chi connectivity index (χ1n) is 7.57. The molecule has 8 heteroatoms. The van der Waals surface area contributed by atoms with Crippen LogP contribution in [0.5, 0.6) is 0 Å². The molecule has 0 saturated carbocycles. The molecule has 1 atom stereocenters. The lowest BCUT2D eigenvalue weighted by Gasteiger charge is -2.29. The molecule has 2 rings (SSSR count). The van der Waals surface area contributed by atoms with Gasteiger partial charge in [-0.05, 0) is 38.2 Å². The quantitative estimate of drug-likeness (QED) is 0.763. The second-order valence-electron chi connectivity index (χ2n) is 5.52. The van der Waals surface area contributed by atoms with Crippen LogP contribution in [0.4, 0.5) is 0 Å². The topological polar surface area (TPSA) is 87.7 Å². The highest BCUT2D eigenvalue weighted by Gasteiger charge is 2.17. The number of nitrogens with zero attached hydrogens (tertiary/aromatic N) is 1. The molecule has 0 radical (unpaired) electrons. The maximum atomic E-state index is 12.2. The molecule has 0 bridgehead atoms. The zero-order valence-electron chi connectivity index (χ0n) is 13.4. The lowest BCUT2D eigenvalue weighted by Crippen LogP contribution is -2.46. The first-order valence-corrected chi connectivity index (χ1v) is 9.05. The van der Waals surface area contributed by atoms with Gasteiger partial charge in [0.1, 0.15) is 0 Å². The Morgan fingerprint density at radius 2 is 1.87 bits per heavy atom. The summed E-state index contributed by atoms with van der Waals surface area (Å²) in [6.45, 7) is 5.91. The highest BCUT2D eigenvalue weighted by molar-refractivity contribution is 7.89. The molecule has 23 heavy (non-hydrogen) atoms. The first-order chi connectivity index (χ1) is 10.9. The van der Waals surface area contributed by atoms with Gasteiger partial charge in [-0.25, -0.2) is 13.1 Å². The minimum Gasteiger partial charge on any atom is -0.379 e. The average molecular weight is 341 g/mol. The van der Waals surface area contributed by atoms with Crippen molar-refractivity contribution < 1.29 is 17.9 Å². The van der Waals surface area contributed by atoms with Crippen LogP contribution in [0.25, 0.3) is 0 Å². The number of carbonyl (C=O) groups is 1. The average Bonchev–Trinajstić information content (AvgIpc) is 2.55. The Hall–Kier alpha value is -1.48. The monoisotopic (exact) mass is 341 g/mol. The SMILES string of the molecule is CNS(=O)(=O)c1ccc(C(=O)N[C@H](C)CN2CCOCC2)cc1. The van der Waals surface area contributed by atoms with Gasteiger partial charge in [0, 0.05) is 31.2 Å². The minimum atomic E-state index is -3.48. The van der Waals surface area contributed by atoms with E-state index in [1.807, 2.05) is 6.92 Å². The van der Waals surface area contributed by atoms with Crippen molar-refractivity contribution in [3.8, 4) is 0 Å². The summed E-state index contributed by atoms with van der Waals surface area (Å²) in [6, 6.07) is 5.88. The maximum absolute atomic E-state index is 12.2. The van der Waals surface area contributed by atoms with Crippen LogP contribution < -0.4 is 10.0 Å². The number of morpholine rings is 1. The van der Waals surface area contributed by atoms with Crippen LogP contribution in [0.2, 0.25) is 0 Å². The normalized spacial score (nSPS) is 17.7. The fraction of sp³-hybridized carbons (Fsp3) is 0.533. The van der Waals surface area contributed by atoms with Gasteiger partial charge in [-0.1, -0.05) is 0 Å². The predicted octanol–water partition coefficient (Wildman–Crippen LogP) is 0.0452. The zero-order valence-corrected chi connectivity index (χ0v) is 14.2. The Bertz CT molecular complexity index is 625. The second-order valence-corrected chi connectivity index (χ2v) is 7.41. The van der Waals surface area contributed by atoms with E-state index in [4.69, 9.17) is 4.74 Å². The smallest absolute Gasteiger partial charge is 0.251 e. The first kappa shape index (κ1) is 17.9. The molecule has 0 aromatic heterocycles. The Labute approximate surface area is 137 Å². The molecular weight excluding hydrogens is 318 g/mol. The van der Waals surface area contributed by atoms with Crippen molar-refractivity contribution in [3.05, 3.63) is 29.8 Å². The Kier molecular flexibility index (Phi) is 6.11. The number of nitrogens with one attached hydrogen (secondary N) is 2. The molecule has 2 N–H and O–H groups in total.